The number of benzene rings is 1. The Morgan fingerprint density at radius 2 is 2.00 bits per heavy atom. The fraction of sp³-hybridized carbons (Fsp3) is 0.143. The van der Waals surface area contributed by atoms with E-state index in [1.54, 1.807) is 24.3 Å². The molecular weight excluding hydrogens is 319 g/mol. The number of rotatable bonds is 3. The fourth-order valence-electron chi connectivity index (χ4n) is 1.75. The summed E-state index contributed by atoms with van der Waals surface area (Å²) in [6.45, 7) is 0. The number of halogens is 3. The molecule has 0 radical (unpaired) electrons. The average molecular weight is 328 g/mol. The molecular formula is C14H9Cl3N2O. The first-order valence-corrected chi connectivity index (χ1v) is 6.76. The van der Waals surface area contributed by atoms with Gasteiger partial charge in [0.25, 0.3) is 0 Å². The average Bonchev–Trinajstić information content (AvgIpc) is 2.43. The van der Waals surface area contributed by atoms with Gasteiger partial charge < -0.3 is 4.74 Å². The molecule has 0 N–H and O–H groups in total. The molecule has 102 valence electrons. The number of pyridine rings is 1. The van der Waals surface area contributed by atoms with Crippen molar-refractivity contribution >= 4 is 34.8 Å². The van der Waals surface area contributed by atoms with E-state index in [9.17, 15) is 0 Å². The Kier molecular flexibility index (Phi) is 4.72. The molecule has 20 heavy (non-hydrogen) atoms. The first kappa shape index (κ1) is 14.9. The van der Waals surface area contributed by atoms with Crippen LogP contribution in [0.25, 0.3) is 11.3 Å². The Morgan fingerprint density at radius 3 is 2.65 bits per heavy atom. The van der Waals surface area contributed by atoms with E-state index in [4.69, 9.17) is 44.8 Å². The molecule has 1 aromatic carbocycles. The number of hydrogen-bond donors (Lipinski definition) is 0. The van der Waals surface area contributed by atoms with Gasteiger partial charge in [0, 0.05) is 10.6 Å². The lowest BCUT2D eigenvalue weighted by atomic mass is 10.1. The molecule has 3 nitrogen and oxygen atoms in total. The largest absolute Gasteiger partial charge is 0.494 e. The summed E-state index contributed by atoms with van der Waals surface area (Å²) >= 11 is 18.2. The summed E-state index contributed by atoms with van der Waals surface area (Å²) in [6.07, 6.45) is 0.197. The Bertz CT molecular complexity index is 696. The van der Waals surface area contributed by atoms with E-state index in [0.29, 0.717) is 37.8 Å². The van der Waals surface area contributed by atoms with Crippen molar-refractivity contribution in [2.75, 3.05) is 7.11 Å². The summed E-state index contributed by atoms with van der Waals surface area (Å²) < 4.78 is 5.28. The highest BCUT2D eigenvalue weighted by atomic mass is 35.5. The minimum atomic E-state index is 0.197. The van der Waals surface area contributed by atoms with Crippen LogP contribution in [0.5, 0.6) is 5.75 Å². The third-order valence-electron chi connectivity index (χ3n) is 2.64. The van der Waals surface area contributed by atoms with E-state index >= 15 is 0 Å². The number of nitriles is 1. The topological polar surface area (TPSA) is 45.9 Å². The molecule has 0 spiro atoms. The van der Waals surface area contributed by atoms with E-state index in [1.807, 2.05) is 6.07 Å². The number of hydrogen-bond acceptors (Lipinski definition) is 3. The van der Waals surface area contributed by atoms with Crippen LogP contribution in [0.2, 0.25) is 15.1 Å². The zero-order chi connectivity index (χ0) is 14.7. The minimum absolute atomic E-state index is 0.197. The van der Waals surface area contributed by atoms with Gasteiger partial charge in [-0.1, -0.05) is 34.8 Å². The van der Waals surface area contributed by atoms with Crippen molar-refractivity contribution in [3.8, 4) is 23.1 Å². The SMILES string of the molecule is COc1ccc(CC#N)nc1-c1cc(Cl)cc(Cl)c1Cl. The van der Waals surface area contributed by atoms with Crippen LogP contribution in [0.15, 0.2) is 24.3 Å². The van der Waals surface area contributed by atoms with Crippen LogP contribution in [-0.4, -0.2) is 12.1 Å². The van der Waals surface area contributed by atoms with Crippen molar-refractivity contribution in [3.63, 3.8) is 0 Å². The second-order valence-electron chi connectivity index (χ2n) is 3.94. The van der Waals surface area contributed by atoms with Gasteiger partial charge in [-0.25, -0.2) is 4.98 Å². The molecule has 0 aliphatic carbocycles. The number of methoxy groups -OCH3 is 1. The highest BCUT2D eigenvalue weighted by molar-refractivity contribution is 6.45. The summed E-state index contributed by atoms with van der Waals surface area (Å²) in [5, 5.41) is 9.89. The summed E-state index contributed by atoms with van der Waals surface area (Å²) in [6, 6.07) is 8.73. The van der Waals surface area contributed by atoms with Gasteiger partial charge in [0.2, 0.25) is 0 Å². The van der Waals surface area contributed by atoms with E-state index < -0.39 is 0 Å². The van der Waals surface area contributed by atoms with Crippen LogP contribution in [0.3, 0.4) is 0 Å². The first-order valence-electron chi connectivity index (χ1n) is 5.62. The maximum Gasteiger partial charge on any atom is 0.145 e. The summed E-state index contributed by atoms with van der Waals surface area (Å²) in [5.74, 6) is 0.534. The van der Waals surface area contributed by atoms with Gasteiger partial charge in [0.1, 0.15) is 11.4 Å². The maximum absolute atomic E-state index is 8.76. The van der Waals surface area contributed by atoms with Gasteiger partial charge in [-0.3, -0.25) is 0 Å². The lowest BCUT2D eigenvalue weighted by Crippen LogP contribution is -1.96. The third-order valence-corrected chi connectivity index (χ3v) is 3.66. The molecule has 0 saturated heterocycles. The standard InChI is InChI=1S/C14H9Cl3N2O/c1-20-12-3-2-9(4-5-18)19-14(12)10-6-8(15)7-11(16)13(10)17/h2-3,6-7H,4H2,1H3. The fourth-order valence-corrected chi connectivity index (χ4v) is 2.44. The normalized spacial score (nSPS) is 10.2. The Hall–Kier alpha value is -1.47. The molecule has 0 unspecified atom stereocenters. The highest BCUT2D eigenvalue weighted by Crippen LogP contribution is 2.39. The molecule has 1 heterocycles. The maximum atomic E-state index is 8.76. The number of ether oxygens (including phenoxy) is 1. The van der Waals surface area contributed by atoms with Crippen molar-refractivity contribution in [3.05, 3.63) is 45.0 Å². The summed E-state index contributed by atoms with van der Waals surface area (Å²) in [5.41, 5.74) is 1.70. The number of nitrogens with zero attached hydrogens (tertiary/aromatic N) is 2. The van der Waals surface area contributed by atoms with Gasteiger partial charge in [0.05, 0.1) is 35.3 Å². The quantitative estimate of drug-likeness (QED) is 0.762. The van der Waals surface area contributed by atoms with Gasteiger partial charge in [-0.05, 0) is 24.3 Å². The summed E-state index contributed by atoms with van der Waals surface area (Å²) in [7, 11) is 1.53. The van der Waals surface area contributed by atoms with E-state index in [2.05, 4.69) is 4.98 Å². The van der Waals surface area contributed by atoms with Crippen molar-refractivity contribution in [2.45, 2.75) is 6.42 Å². The van der Waals surface area contributed by atoms with Gasteiger partial charge in [0.15, 0.2) is 0 Å². The molecule has 6 heteroatoms. The van der Waals surface area contributed by atoms with Crippen molar-refractivity contribution in [2.24, 2.45) is 0 Å². The zero-order valence-corrected chi connectivity index (χ0v) is 12.7. The molecule has 0 fully saturated rings. The van der Waals surface area contributed by atoms with Gasteiger partial charge in [-0.2, -0.15) is 5.26 Å². The molecule has 0 aliphatic rings. The molecule has 0 aliphatic heterocycles. The molecule has 0 amide bonds. The molecule has 1 aromatic heterocycles. The van der Waals surface area contributed by atoms with Crippen LogP contribution in [-0.2, 0) is 6.42 Å². The zero-order valence-electron chi connectivity index (χ0n) is 10.5. The third kappa shape index (κ3) is 2.99. The molecule has 2 aromatic rings. The second kappa shape index (κ2) is 6.32. The Labute approximate surface area is 131 Å². The van der Waals surface area contributed by atoms with Crippen LogP contribution in [0, 0.1) is 11.3 Å². The molecule has 0 bridgehead atoms. The van der Waals surface area contributed by atoms with Gasteiger partial charge >= 0.3 is 0 Å². The number of aromatic nitrogens is 1. The van der Waals surface area contributed by atoms with Crippen molar-refractivity contribution in [1.29, 1.82) is 5.26 Å². The summed E-state index contributed by atoms with van der Waals surface area (Å²) in [4.78, 5) is 4.40. The van der Waals surface area contributed by atoms with Gasteiger partial charge in [-0.15, -0.1) is 0 Å². The molecule has 0 atom stereocenters. The van der Waals surface area contributed by atoms with E-state index in [1.165, 1.54) is 7.11 Å². The molecule has 2 rings (SSSR count). The van der Waals surface area contributed by atoms with E-state index in [-0.39, 0.29) is 6.42 Å². The predicted octanol–water partition coefficient (Wildman–Crippen LogP) is 4.78. The van der Waals surface area contributed by atoms with E-state index in [0.717, 1.165) is 0 Å². The minimum Gasteiger partial charge on any atom is -0.494 e. The molecule has 0 saturated carbocycles. The lowest BCUT2D eigenvalue weighted by molar-refractivity contribution is 0.414. The second-order valence-corrected chi connectivity index (χ2v) is 5.16. The van der Waals surface area contributed by atoms with Crippen LogP contribution in [0.4, 0.5) is 0 Å². The highest BCUT2D eigenvalue weighted by Gasteiger charge is 2.15. The van der Waals surface area contributed by atoms with Crippen LogP contribution < -0.4 is 4.74 Å². The lowest BCUT2D eigenvalue weighted by Gasteiger charge is -2.11. The van der Waals surface area contributed by atoms with Crippen LogP contribution >= 0.6 is 34.8 Å². The Balaban J connectivity index is 2.67. The van der Waals surface area contributed by atoms with Crippen molar-refractivity contribution in [1.82, 2.24) is 4.98 Å². The Morgan fingerprint density at radius 1 is 1.25 bits per heavy atom. The first-order chi connectivity index (χ1) is 9.56. The van der Waals surface area contributed by atoms with Crippen molar-refractivity contribution < 1.29 is 4.74 Å². The smallest absolute Gasteiger partial charge is 0.145 e. The monoisotopic (exact) mass is 326 g/mol. The predicted molar refractivity (Wildman–Crippen MR) is 80.6 cm³/mol. The van der Waals surface area contributed by atoms with Crippen LogP contribution in [0.1, 0.15) is 5.69 Å².